The minimum atomic E-state index is -1.07. The number of rotatable bonds is 5. The van der Waals surface area contributed by atoms with E-state index < -0.39 is 23.8 Å². The van der Waals surface area contributed by atoms with E-state index in [9.17, 15) is 18.8 Å². The fourth-order valence-electron chi connectivity index (χ4n) is 2.63. The van der Waals surface area contributed by atoms with E-state index in [0.29, 0.717) is 16.3 Å². The molecule has 27 heavy (non-hydrogen) atoms. The van der Waals surface area contributed by atoms with Crippen LogP contribution in [0.3, 0.4) is 0 Å². The van der Waals surface area contributed by atoms with Crippen molar-refractivity contribution >= 4 is 40.9 Å². The van der Waals surface area contributed by atoms with E-state index in [-0.39, 0.29) is 18.2 Å². The summed E-state index contributed by atoms with van der Waals surface area (Å²) in [5, 5.41) is 2.69. The lowest BCUT2D eigenvalue weighted by Crippen LogP contribution is -2.47. The smallest absolute Gasteiger partial charge is 0.317 e. The van der Waals surface area contributed by atoms with Crippen molar-refractivity contribution in [2.45, 2.75) is 17.9 Å². The van der Waals surface area contributed by atoms with Gasteiger partial charge in [0.2, 0.25) is 5.91 Å². The summed E-state index contributed by atoms with van der Waals surface area (Å²) in [5.74, 6) is -2.01. The summed E-state index contributed by atoms with van der Waals surface area (Å²) >= 11 is 0.995. The predicted octanol–water partition coefficient (Wildman–Crippen LogP) is 2.83. The third-order valence-electron chi connectivity index (χ3n) is 3.87. The first-order valence-corrected chi connectivity index (χ1v) is 9.21. The number of nitrogens with one attached hydrogen (secondary N) is 1. The number of hydrogen-bond acceptors (Lipinski definition) is 5. The van der Waals surface area contributed by atoms with Crippen LogP contribution in [0.5, 0.6) is 0 Å². The Morgan fingerprint density at radius 3 is 2.70 bits per heavy atom. The number of carbonyl (C=O) groups excluding carboxylic acids is 3. The molecule has 1 aliphatic rings. The molecular weight excluding hydrogens is 371 g/mol. The molecule has 140 valence electrons. The number of ether oxygens (including phenoxy) is 1. The van der Waals surface area contributed by atoms with Gasteiger partial charge < -0.3 is 10.1 Å². The average Bonchev–Trinajstić information content (AvgIpc) is 2.66. The zero-order valence-corrected chi connectivity index (χ0v) is 15.3. The van der Waals surface area contributed by atoms with E-state index in [1.807, 2.05) is 0 Å². The van der Waals surface area contributed by atoms with Crippen molar-refractivity contribution in [3.63, 3.8) is 0 Å². The zero-order valence-electron chi connectivity index (χ0n) is 14.5. The molecule has 1 atom stereocenters. The van der Waals surface area contributed by atoms with Gasteiger partial charge in [0.15, 0.2) is 6.10 Å². The Labute approximate surface area is 159 Å². The van der Waals surface area contributed by atoms with Gasteiger partial charge in [0, 0.05) is 4.90 Å². The van der Waals surface area contributed by atoms with Crippen LogP contribution in [0.15, 0.2) is 53.4 Å². The molecule has 8 heteroatoms. The van der Waals surface area contributed by atoms with Crippen LogP contribution < -0.4 is 10.2 Å². The van der Waals surface area contributed by atoms with Crippen LogP contribution in [0.4, 0.5) is 15.8 Å². The number of thioether (sulfide) groups is 1. The summed E-state index contributed by atoms with van der Waals surface area (Å²) in [6.07, 6.45) is -1.07. The molecule has 0 radical (unpaired) electrons. The van der Waals surface area contributed by atoms with Gasteiger partial charge in [0.1, 0.15) is 12.4 Å². The van der Waals surface area contributed by atoms with Crippen molar-refractivity contribution in [3.05, 3.63) is 54.3 Å². The molecule has 1 aliphatic heterocycles. The molecular formula is C19H17FN2O4S. The van der Waals surface area contributed by atoms with Crippen molar-refractivity contribution in [3.8, 4) is 0 Å². The van der Waals surface area contributed by atoms with Gasteiger partial charge in [-0.15, -0.1) is 11.8 Å². The summed E-state index contributed by atoms with van der Waals surface area (Å²) in [6, 6.07) is 13.0. The first kappa shape index (κ1) is 18.9. The molecule has 0 aromatic heterocycles. The van der Waals surface area contributed by atoms with Crippen LogP contribution in [0, 0.1) is 5.82 Å². The van der Waals surface area contributed by atoms with Crippen LogP contribution in [0.25, 0.3) is 0 Å². The number of para-hydroxylation sites is 2. The second-order valence-electron chi connectivity index (χ2n) is 5.84. The van der Waals surface area contributed by atoms with Crippen molar-refractivity contribution < 1.29 is 23.5 Å². The molecule has 2 aromatic carbocycles. The fourth-order valence-corrected chi connectivity index (χ4v) is 3.35. The number of nitrogens with zero attached hydrogens (tertiary/aromatic N) is 1. The van der Waals surface area contributed by atoms with Crippen molar-refractivity contribution in [1.82, 2.24) is 0 Å². The van der Waals surface area contributed by atoms with Crippen LogP contribution in [0.2, 0.25) is 0 Å². The van der Waals surface area contributed by atoms with E-state index in [1.165, 1.54) is 17.9 Å². The Balaban J connectivity index is 1.61. The van der Waals surface area contributed by atoms with Gasteiger partial charge in [-0.2, -0.15) is 0 Å². The quantitative estimate of drug-likeness (QED) is 0.630. The Kier molecular flexibility index (Phi) is 5.75. The Morgan fingerprint density at radius 2 is 1.93 bits per heavy atom. The largest absolute Gasteiger partial charge is 0.452 e. The lowest BCUT2D eigenvalue weighted by atomic mass is 10.1. The molecule has 1 heterocycles. The fraction of sp³-hybridized carbons (Fsp3) is 0.211. The molecule has 3 rings (SSSR count). The summed E-state index contributed by atoms with van der Waals surface area (Å²) < 4.78 is 18.8. The van der Waals surface area contributed by atoms with Gasteiger partial charge in [0.05, 0.1) is 17.1 Å². The molecule has 2 aromatic rings. The highest BCUT2D eigenvalue weighted by Crippen LogP contribution is 2.29. The van der Waals surface area contributed by atoms with Crippen molar-refractivity contribution in [1.29, 1.82) is 0 Å². The van der Waals surface area contributed by atoms with E-state index in [2.05, 4.69) is 5.32 Å². The third-order valence-corrected chi connectivity index (χ3v) is 4.90. The van der Waals surface area contributed by atoms with Crippen LogP contribution in [-0.4, -0.2) is 36.2 Å². The number of benzene rings is 2. The number of carbonyl (C=O) groups is 3. The Hall–Kier alpha value is -2.87. The first-order valence-electron chi connectivity index (χ1n) is 8.23. The molecule has 0 fully saturated rings. The minimum absolute atomic E-state index is 0.129. The van der Waals surface area contributed by atoms with Gasteiger partial charge in [-0.1, -0.05) is 24.3 Å². The van der Waals surface area contributed by atoms with Gasteiger partial charge in [-0.05, 0) is 31.2 Å². The molecule has 0 aliphatic carbocycles. The highest BCUT2D eigenvalue weighted by Gasteiger charge is 2.31. The summed E-state index contributed by atoms with van der Waals surface area (Å²) in [4.78, 5) is 38.1. The van der Waals surface area contributed by atoms with Gasteiger partial charge in [0.25, 0.3) is 5.91 Å². The number of anilines is 2. The molecule has 0 unspecified atom stereocenters. The number of hydrogen-bond donors (Lipinski definition) is 1. The topological polar surface area (TPSA) is 75.7 Å². The standard InChI is InChI=1S/C19H17FN2O4S/c1-12(26-18(24)11-27-16-9-5-2-6-13(16)20)19(25)22-10-17(23)21-14-7-3-4-8-15(14)22/h2-9,12H,10-11H2,1H3,(H,21,23)/t12-/m0/s1. The number of fused-ring (bicyclic) bond motifs is 1. The molecule has 0 saturated heterocycles. The highest BCUT2D eigenvalue weighted by molar-refractivity contribution is 8.00. The lowest BCUT2D eigenvalue weighted by molar-refractivity contribution is -0.151. The van der Waals surface area contributed by atoms with E-state index >= 15 is 0 Å². The van der Waals surface area contributed by atoms with Crippen LogP contribution >= 0.6 is 11.8 Å². The number of halogens is 1. The monoisotopic (exact) mass is 388 g/mol. The molecule has 0 saturated carbocycles. The van der Waals surface area contributed by atoms with Crippen molar-refractivity contribution in [2.75, 3.05) is 22.5 Å². The van der Waals surface area contributed by atoms with Gasteiger partial charge >= 0.3 is 5.97 Å². The maximum absolute atomic E-state index is 13.6. The number of amides is 2. The third kappa shape index (κ3) is 4.46. The second kappa shape index (κ2) is 8.22. The summed E-state index contributed by atoms with van der Waals surface area (Å²) in [5.41, 5.74) is 1.07. The van der Waals surface area contributed by atoms with Crippen LogP contribution in [-0.2, 0) is 19.1 Å². The average molecular weight is 388 g/mol. The summed E-state index contributed by atoms with van der Waals surface area (Å²) in [6.45, 7) is 1.30. The van der Waals surface area contributed by atoms with E-state index in [0.717, 1.165) is 11.8 Å². The Morgan fingerprint density at radius 1 is 1.22 bits per heavy atom. The molecule has 2 amide bonds. The van der Waals surface area contributed by atoms with E-state index in [1.54, 1.807) is 42.5 Å². The minimum Gasteiger partial charge on any atom is -0.452 e. The second-order valence-corrected chi connectivity index (χ2v) is 6.86. The van der Waals surface area contributed by atoms with E-state index in [4.69, 9.17) is 4.74 Å². The molecule has 1 N–H and O–H groups in total. The zero-order chi connectivity index (χ0) is 19.4. The maximum Gasteiger partial charge on any atom is 0.317 e. The highest BCUT2D eigenvalue weighted by atomic mass is 32.2. The normalized spacial score (nSPS) is 14.1. The molecule has 0 bridgehead atoms. The van der Waals surface area contributed by atoms with Gasteiger partial charge in [-0.3, -0.25) is 19.3 Å². The lowest BCUT2D eigenvalue weighted by Gasteiger charge is -2.30. The summed E-state index contributed by atoms with van der Waals surface area (Å²) in [7, 11) is 0. The predicted molar refractivity (Wildman–Crippen MR) is 100 cm³/mol. The molecule has 6 nitrogen and oxygen atoms in total. The van der Waals surface area contributed by atoms with Crippen LogP contribution in [0.1, 0.15) is 6.92 Å². The molecule has 0 spiro atoms. The SMILES string of the molecule is C[C@H](OC(=O)CSc1ccccc1F)C(=O)N1CC(=O)Nc2ccccc21. The first-order chi connectivity index (χ1) is 13.0. The van der Waals surface area contributed by atoms with Gasteiger partial charge in [-0.25, -0.2) is 4.39 Å². The Bertz CT molecular complexity index is 890. The number of esters is 1. The van der Waals surface area contributed by atoms with Crippen molar-refractivity contribution in [2.24, 2.45) is 0 Å². The maximum atomic E-state index is 13.6.